The van der Waals surface area contributed by atoms with Gasteiger partial charge in [0.05, 0.1) is 11.3 Å². The molecule has 0 saturated heterocycles. The summed E-state index contributed by atoms with van der Waals surface area (Å²) in [6.45, 7) is -0.177. The Morgan fingerprint density at radius 2 is 1.50 bits per heavy atom. The molecular weight excluding hydrogens is 458 g/mol. The first-order valence-corrected chi connectivity index (χ1v) is 11.0. The molecule has 168 valence electrons. The van der Waals surface area contributed by atoms with Crippen LogP contribution in [0.1, 0.15) is 22.1 Å². The summed E-state index contributed by atoms with van der Waals surface area (Å²) in [7, 11) is 0. The molecule has 34 heavy (non-hydrogen) atoms. The number of rotatable bonds is 8. The van der Waals surface area contributed by atoms with E-state index in [1.54, 1.807) is 61.3 Å². The molecule has 0 spiro atoms. The van der Waals surface area contributed by atoms with E-state index in [4.69, 9.17) is 13.8 Å². The summed E-state index contributed by atoms with van der Waals surface area (Å²) in [5.74, 6) is 1.11. The van der Waals surface area contributed by atoms with E-state index in [9.17, 15) is 4.79 Å². The fourth-order valence-electron chi connectivity index (χ4n) is 2.85. The smallest absolute Gasteiger partial charge is 0.341 e. The first-order valence-electron chi connectivity index (χ1n) is 9.97. The summed E-state index contributed by atoms with van der Waals surface area (Å²) in [5.41, 5.74) is 1.74. The van der Waals surface area contributed by atoms with Gasteiger partial charge in [0.2, 0.25) is 17.5 Å². The Morgan fingerprint density at radius 1 is 0.853 bits per heavy atom. The molecule has 0 fully saturated rings. The van der Waals surface area contributed by atoms with Gasteiger partial charge in [0.25, 0.3) is 5.89 Å². The summed E-state index contributed by atoms with van der Waals surface area (Å²) in [4.78, 5) is 33.6. The molecule has 0 aliphatic heterocycles. The number of aromatic nitrogens is 7. The Kier molecular flexibility index (Phi) is 6.29. The van der Waals surface area contributed by atoms with Gasteiger partial charge in [-0.15, -0.1) is 0 Å². The Morgan fingerprint density at radius 3 is 2.18 bits per heavy atom. The summed E-state index contributed by atoms with van der Waals surface area (Å²) in [5, 5.41) is 8.31. The van der Waals surface area contributed by atoms with E-state index in [-0.39, 0.29) is 12.5 Å². The summed E-state index contributed by atoms with van der Waals surface area (Å²) < 4.78 is 15.8. The molecule has 0 aromatic carbocycles. The van der Waals surface area contributed by atoms with Crippen molar-refractivity contribution in [3.63, 3.8) is 0 Å². The van der Waals surface area contributed by atoms with E-state index < -0.39 is 5.97 Å². The number of pyridine rings is 3. The molecule has 5 aromatic heterocycles. The minimum absolute atomic E-state index is 0.166. The second kappa shape index (κ2) is 10.0. The van der Waals surface area contributed by atoms with Crippen LogP contribution in [-0.2, 0) is 17.1 Å². The highest BCUT2D eigenvalue weighted by atomic mass is 32.2. The molecule has 0 saturated carbocycles. The van der Waals surface area contributed by atoms with E-state index in [0.29, 0.717) is 39.4 Å². The van der Waals surface area contributed by atoms with Crippen LogP contribution in [-0.4, -0.2) is 41.2 Å². The lowest BCUT2D eigenvalue weighted by molar-refractivity contribution is 0.0424. The summed E-state index contributed by atoms with van der Waals surface area (Å²) >= 11 is 1.28. The maximum atomic E-state index is 12.7. The van der Waals surface area contributed by atoms with Crippen LogP contribution in [0.25, 0.3) is 22.8 Å². The molecule has 11 nitrogen and oxygen atoms in total. The highest BCUT2D eigenvalue weighted by Crippen LogP contribution is 2.25. The Bertz CT molecular complexity index is 1390. The van der Waals surface area contributed by atoms with E-state index in [0.717, 1.165) is 5.56 Å². The molecule has 5 aromatic rings. The minimum Gasteiger partial charge on any atom is -0.452 e. The fraction of sp³-hybridized carbons (Fsp3) is 0.0909. The van der Waals surface area contributed by atoms with E-state index >= 15 is 0 Å². The molecule has 5 heterocycles. The van der Waals surface area contributed by atoms with Crippen molar-refractivity contribution in [1.29, 1.82) is 0 Å². The number of ether oxygens (including phenoxy) is 1. The van der Waals surface area contributed by atoms with Gasteiger partial charge in [-0.3, -0.25) is 9.97 Å². The van der Waals surface area contributed by atoms with Crippen molar-refractivity contribution in [2.45, 2.75) is 17.4 Å². The third-order valence-corrected chi connectivity index (χ3v) is 5.42. The quantitative estimate of drug-likeness (QED) is 0.240. The number of thioether (sulfide) groups is 1. The van der Waals surface area contributed by atoms with Crippen LogP contribution in [0.15, 0.2) is 81.5 Å². The van der Waals surface area contributed by atoms with Gasteiger partial charge in [0.1, 0.15) is 5.03 Å². The maximum Gasteiger partial charge on any atom is 0.341 e. The van der Waals surface area contributed by atoms with Crippen molar-refractivity contribution in [2.75, 3.05) is 0 Å². The molecule has 0 amide bonds. The van der Waals surface area contributed by atoms with Crippen LogP contribution in [0.3, 0.4) is 0 Å². The summed E-state index contributed by atoms with van der Waals surface area (Å²) in [6.07, 6.45) is 8.17. The lowest BCUT2D eigenvalue weighted by Gasteiger charge is -2.06. The lowest BCUT2D eigenvalue weighted by atomic mass is 10.3. The molecule has 0 aliphatic rings. The molecule has 5 rings (SSSR count). The third kappa shape index (κ3) is 4.96. The topological polar surface area (TPSA) is 143 Å². The van der Waals surface area contributed by atoms with Gasteiger partial charge in [-0.05, 0) is 36.4 Å². The van der Waals surface area contributed by atoms with Crippen molar-refractivity contribution < 1.29 is 18.6 Å². The number of nitrogens with zero attached hydrogens (tertiary/aromatic N) is 7. The molecule has 0 atom stereocenters. The highest BCUT2D eigenvalue weighted by molar-refractivity contribution is 7.98. The summed E-state index contributed by atoms with van der Waals surface area (Å²) in [6, 6.07) is 10.5. The Labute approximate surface area is 196 Å². The molecular formula is C22H15N7O4S. The Hall–Kier alpha value is -4.45. The van der Waals surface area contributed by atoms with Crippen LogP contribution >= 0.6 is 11.8 Å². The molecule has 0 radical (unpaired) electrons. The van der Waals surface area contributed by atoms with Gasteiger partial charge < -0.3 is 13.8 Å². The van der Waals surface area contributed by atoms with Crippen LogP contribution in [0.4, 0.5) is 0 Å². The first kappa shape index (κ1) is 21.4. The largest absolute Gasteiger partial charge is 0.452 e. The lowest BCUT2D eigenvalue weighted by Crippen LogP contribution is -2.08. The second-order valence-electron chi connectivity index (χ2n) is 6.73. The van der Waals surface area contributed by atoms with Gasteiger partial charge in [0, 0.05) is 42.1 Å². The molecule has 0 aliphatic carbocycles. The zero-order valence-electron chi connectivity index (χ0n) is 17.4. The van der Waals surface area contributed by atoms with Crippen LogP contribution < -0.4 is 0 Å². The number of hydrogen-bond donors (Lipinski definition) is 0. The predicted octanol–water partition coefficient (Wildman–Crippen LogP) is 3.62. The van der Waals surface area contributed by atoms with Crippen LogP contribution in [0, 0.1) is 0 Å². The molecule has 0 N–H and O–H groups in total. The average Bonchev–Trinajstić information content (AvgIpc) is 3.57. The molecule has 12 heteroatoms. The number of carbonyl (C=O) groups excluding carboxylic acids is 1. The van der Waals surface area contributed by atoms with E-state index in [2.05, 4.69) is 35.2 Å². The SMILES string of the molecule is O=C(OCc1nc(-c2cccnc2)no1)c1cccnc1SCc1nc(-c2cccnc2)no1. The van der Waals surface area contributed by atoms with Gasteiger partial charge >= 0.3 is 5.97 Å². The molecule has 0 unspecified atom stereocenters. The van der Waals surface area contributed by atoms with Crippen molar-refractivity contribution in [3.8, 4) is 22.8 Å². The highest BCUT2D eigenvalue weighted by Gasteiger charge is 2.18. The predicted molar refractivity (Wildman–Crippen MR) is 118 cm³/mol. The van der Waals surface area contributed by atoms with Gasteiger partial charge in [-0.2, -0.15) is 9.97 Å². The number of hydrogen-bond acceptors (Lipinski definition) is 12. The third-order valence-electron chi connectivity index (χ3n) is 4.43. The van der Waals surface area contributed by atoms with Crippen LogP contribution in [0.2, 0.25) is 0 Å². The first-order chi connectivity index (χ1) is 16.8. The van der Waals surface area contributed by atoms with Crippen LogP contribution in [0.5, 0.6) is 0 Å². The van der Waals surface area contributed by atoms with Crippen molar-refractivity contribution in [3.05, 3.63) is 84.7 Å². The van der Waals surface area contributed by atoms with Gasteiger partial charge in [0.15, 0.2) is 6.61 Å². The molecule has 0 bridgehead atoms. The van der Waals surface area contributed by atoms with Gasteiger partial charge in [-0.1, -0.05) is 22.1 Å². The zero-order chi connectivity index (χ0) is 23.2. The van der Waals surface area contributed by atoms with E-state index in [1.165, 1.54) is 11.8 Å². The number of esters is 1. The van der Waals surface area contributed by atoms with Crippen molar-refractivity contribution >= 4 is 17.7 Å². The van der Waals surface area contributed by atoms with Crippen molar-refractivity contribution in [2.24, 2.45) is 0 Å². The Balaban J connectivity index is 1.21. The maximum absolute atomic E-state index is 12.7. The standard InChI is InChI=1S/C22H15N7O4S/c30-22(31-12-17-26-19(28-32-17)14-4-1-7-23-10-14)16-6-3-9-25-21(16)34-13-18-27-20(29-33-18)15-5-2-8-24-11-15/h1-11H,12-13H2. The van der Waals surface area contributed by atoms with Gasteiger partial charge in [-0.25, -0.2) is 9.78 Å². The van der Waals surface area contributed by atoms with E-state index in [1.807, 2.05) is 6.07 Å². The minimum atomic E-state index is -0.571. The number of carbonyl (C=O) groups is 1. The normalized spacial score (nSPS) is 10.8. The zero-order valence-corrected chi connectivity index (χ0v) is 18.3. The van der Waals surface area contributed by atoms with Crippen molar-refractivity contribution in [1.82, 2.24) is 35.2 Å². The monoisotopic (exact) mass is 473 g/mol. The second-order valence-corrected chi connectivity index (χ2v) is 7.69. The average molecular weight is 473 g/mol. The fourth-order valence-corrected chi connectivity index (χ4v) is 3.67.